The number of hydrogen-bond acceptors (Lipinski definition) is 4. The molecule has 4 rings (SSSR count). The minimum absolute atomic E-state index is 0.122. The molecule has 4 aromatic rings. The third-order valence-corrected chi connectivity index (χ3v) is 9.84. The lowest BCUT2D eigenvalue weighted by Crippen LogP contribution is -2.09. The number of hydrogen-bond donors (Lipinski definition) is 0. The molecule has 0 atom stereocenters. The maximum Gasteiger partial charge on any atom is 0.310 e. The van der Waals surface area contributed by atoms with Crippen LogP contribution in [0.15, 0.2) is 109 Å². The summed E-state index contributed by atoms with van der Waals surface area (Å²) < 4.78 is 10.8. The summed E-state index contributed by atoms with van der Waals surface area (Å²) in [5.74, 6) is -0.246. The van der Waals surface area contributed by atoms with Gasteiger partial charge >= 0.3 is 11.9 Å². The van der Waals surface area contributed by atoms with Gasteiger partial charge in [0.1, 0.15) is 0 Å². The first kappa shape index (κ1) is 44.2. The van der Waals surface area contributed by atoms with Crippen molar-refractivity contribution in [3.63, 3.8) is 0 Å². The number of ether oxygens (including phenoxy) is 2. The summed E-state index contributed by atoms with van der Waals surface area (Å²) in [6.07, 6.45) is 23.7. The molecule has 0 spiro atoms. The van der Waals surface area contributed by atoms with Crippen LogP contribution >= 0.6 is 0 Å². The second kappa shape index (κ2) is 29.2. The second-order valence-corrected chi connectivity index (χ2v) is 14.6. The Morgan fingerprint density at radius 2 is 0.630 bits per heavy atom. The molecule has 0 unspecified atom stereocenters. The minimum Gasteiger partial charge on any atom is -0.465 e. The molecule has 4 nitrogen and oxygen atoms in total. The molecule has 0 fully saturated rings. The summed E-state index contributed by atoms with van der Waals surface area (Å²) in [5, 5.41) is 0. The van der Waals surface area contributed by atoms with Crippen LogP contribution in [0.4, 0.5) is 0 Å². The number of rotatable bonds is 26. The van der Waals surface area contributed by atoms with E-state index in [1.54, 1.807) is 0 Å². The lowest BCUT2D eigenvalue weighted by Gasteiger charge is -2.06. The second-order valence-electron chi connectivity index (χ2n) is 14.6. The largest absolute Gasteiger partial charge is 0.465 e. The number of carbonyl (C=O) groups excluding carboxylic acids is 2. The first-order chi connectivity index (χ1) is 26.6. The number of unbranched alkanes of at least 4 members (excludes halogenated alkanes) is 16. The first-order valence-corrected chi connectivity index (χ1v) is 21.2. The van der Waals surface area contributed by atoms with E-state index in [1.807, 2.05) is 60.7 Å². The Labute approximate surface area is 328 Å². The molecule has 54 heavy (non-hydrogen) atoms. The highest BCUT2D eigenvalue weighted by Crippen LogP contribution is 2.21. The van der Waals surface area contributed by atoms with Gasteiger partial charge in [-0.15, -0.1) is 0 Å². The lowest BCUT2D eigenvalue weighted by atomic mass is 10.0. The molecule has 0 aromatic heterocycles. The lowest BCUT2D eigenvalue weighted by molar-refractivity contribution is -0.143. The molecule has 4 aromatic carbocycles. The Kier molecular flexibility index (Phi) is 23.9. The molecule has 0 amide bonds. The van der Waals surface area contributed by atoms with E-state index < -0.39 is 0 Å². The van der Waals surface area contributed by atoms with Gasteiger partial charge in [0, 0.05) is 0 Å². The van der Waals surface area contributed by atoms with Crippen LogP contribution in [-0.2, 0) is 31.9 Å². The summed E-state index contributed by atoms with van der Waals surface area (Å²) >= 11 is 0. The first-order valence-electron chi connectivity index (χ1n) is 21.2. The van der Waals surface area contributed by atoms with Gasteiger partial charge in [0.15, 0.2) is 0 Å². The Hall–Kier alpha value is -4.18. The van der Waals surface area contributed by atoms with Crippen LogP contribution in [0.3, 0.4) is 0 Å². The van der Waals surface area contributed by atoms with Crippen molar-refractivity contribution in [2.24, 2.45) is 0 Å². The SMILES string of the molecule is CCCCCCCCCCCCOC(=O)Cc1ccc(-c2ccccc2)cc1.CCCCCCCCCCOC(=O)Cc1ccc(-c2ccccc2)cc1. The number of carbonyl (C=O) groups is 2. The van der Waals surface area contributed by atoms with Crippen LogP contribution < -0.4 is 0 Å². The summed E-state index contributed by atoms with van der Waals surface area (Å²) in [5.41, 5.74) is 6.73. The van der Waals surface area contributed by atoms with Gasteiger partial charge in [-0.2, -0.15) is 0 Å². The summed E-state index contributed by atoms with van der Waals surface area (Å²) in [6, 6.07) is 36.9. The molecule has 0 bridgehead atoms. The van der Waals surface area contributed by atoms with Crippen molar-refractivity contribution >= 4 is 11.9 Å². The van der Waals surface area contributed by atoms with Gasteiger partial charge in [-0.3, -0.25) is 9.59 Å². The highest BCUT2D eigenvalue weighted by atomic mass is 16.5. The molecular formula is C50H68O4. The molecule has 0 heterocycles. The fourth-order valence-corrected chi connectivity index (χ4v) is 6.52. The van der Waals surface area contributed by atoms with E-state index in [1.165, 1.54) is 112 Å². The van der Waals surface area contributed by atoms with Crippen LogP contribution in [0, 0.1) is 0 Å². The van der Waals surface area contributed by atoms with E-state index in [-0.39, 0.29) is 11.9 Å². The molecule has 0 aliphatic heterocycles. The molecule has 0 radical (unpaired) electrons. The molecule has 292 valence electrons. The van der Waals surface area contributed by atoms with E-state index in [0.29, 0.717) is 26.1 Å². The Balaban J connectivity index is 0.000000291. The van der Waals surface area contributed by atoms with Crippen LogP contribution in [0.2, 0.25) is 0 Å². The number of esters is 2. The normalized spacial score (nSPS) is 10.7. The van der Waals surface area contributed by atoms with Gasteiger partial charge in [-0.25, -0.2) is 0 Å². The van der Waals surface area contributed by atoms with Gasteiger partial charge in [-0.05, 0) is 46.2 Å². The maximum atomic E-state index is 12.0. The standard InChI is InChI=1S/C26H36O2.C24H32O2/c1-2-3-4-5-6-7-8-9-10-14-21-28-26(27)22-23-17-19-25(20-18-23)24-15-12-11-13-16-24;1-2-3-4-5-6-7-8-12-19-26-24(25)20-21-15-17-23(18-16-21)22-13-10-9-11-14-22/h11-13,15-20H,2-10,14,21-22H2,1H3;9-11,13-18H,2-8,12,19-20H2,1H3. The van der Waals surface area contributed by atoms with Gasteiger partial charge in [0.2, 0.25) is 0 Å². The van der Waals surface area contributed by atoms with Crippen molar-refractivity contribution < 1.29 is 19.1 Å². The smallest absolute Gasteiger partial charge is 0.310 e. The molecule has 0 aliphatic carbocycles. The Bertz CT molecular complexity index is 1500. The average molecular weight is 733 g/mol. The minimum atomic E-state index is -0.125. The van der Waals surface area contributed by atoms with Crippen molar-refractivity contribution in [3.8, 4) is 22.3 Å². The zero-order valence-corrected chi connectivity index (χ0v) is 33.6. The summed E-state index contributed by atoms with van der Waals surface area (Å²) in [6.45, 7) is 5.60. The fraction of sp³-hybridized carbons (Fsp3) is 0.480. The monoisotopic (exact) mass is 733 g/mol. The van der Waals surface area contributed by atoms with Crippen LogP contribution in [0.25, 0.3) is 22.3 Å². The zero-order valence-electron chi connectivity index (χ0n) is 33.6. The van der Waals surface area contributed by atoms with Crippen molar-refractivity contribution in [1.29, 1.82) is 0 Å². The molecular weight excluding hydrogens is 665 g/mol. The van der Waals surface area contributed by atoms with Gasteiger partial charge in [-0.1, -0.05) is 226 Å². The van der Waals surface area contributed by atoms with Gasteiger partial charge in [0.05, 0.1) is 26.1 Å². The van der Waals surface area contributed by atoms with E-state index in [4.69, 9.17) is 9.47 Å². The molecule has 0 saturated carbocycles. The molecule has 0 saturated heterocycles. The van der Waals surface area contributed by atoms with Crippen molar-refractivity contribution in [2.45, 2.75) is 142 Å². The van der Waals surface area contributed by atoms with E-state index in [9.17, 15) is 9.59 Å². The molecule has 0 N–H and O–H groups in total. The van der Waals surface area contributed by atoms with E-state index >= 15 is 0 Å². The topological polar surface area (TPSA) is 52.6 Å². The predicted molar refractivity (Wildman–Crippen MR) is 228 cm³/mol. The third-order valence-electron chi connectivity index (χ3n) is 9.84. The van der Waals surface area contributed by atoms with Crippen molar-refractivity contribution in [2.75, 3.05) is 13.2 Å². The number of benzene rings is 4. The van der Waals surface area contributed by atoms with Crippen LogP contribution in [0.1, 0.15) is 141 Å². The van der Waals surface area contributed by atoms with Crippen LogP contribution in [0.5, 0.6) is 0 Å². The summed E-state index contributed by atoms with van der Waals surface area (Å²) in [4.78, 5) is 24.0. The quantitative estimate of drug-likeness (QED) is 0.0476. The Morgan fingerprint density at radius 1 is 0.352 bits per heavy atom. The van der Waals surface area contributed by atoms with Crippen LogP contribution in [-0.4, -0.2) is 25.2 Å². The Morgan fingerprint density at radius 3 is 0.944 bits per heavy atom. The zero-order chi connectivity index (χ0) is 38.3. The van der Waals surface area contributed by atoms with E-state index in [2.05, 4.69) is 62.4 Å². The van der Waals surface area contributed by atoms with E-state index in [0.717, 1.165) is 36.8 Å². The maximum absolute atomic E-state index is 12.0. The predicted octanol–water partition coefficient (Wildman–Crippen LogP) is 13.9. The highest BCUT2D eigenvalue weighted by Gasteiger charge is 2.07. The highest BCUT2D eigenvalue weighted by molar-refractivity contribution is 5.74. The van der Waals surface area contributed by atoms with Gasteiger partial charge in [0.25, 0.3) is 0 Å². The average Bonchev–Trinajstić information content (AvgIpc) is 3.21. The fourth-order valence-electron chi connectivity index (χ4n) is 6.52. The third kappa shape index (κ3) is 20.3. The molecule has 4 heteroatoms. The summed E-state index contributed by atoms with van der Waals surface area (Å²) in [7, 11) is 0. The van der Waals surface area contributed by atoms with Gasteiger partial charge < -0.3 is 9.47 Å². The van der Waals surface area contributed by atoms with Crippen molar-refractivity contribution in [1.82, 2.24) is 0 Å². The van der Waals surface area contributed by atoms with Crippen molar-refractivity contribution in [3.05, 3.63) is 120 Å². The molecule has 0 aliphatic rings.